The zero-order valence-electron chi connectivity index (χ0n) is 17.0. The standard InChI is InChI=1S/C25H31ClN/c1-25(2)21-12-11-20(23(25)15-21)17-27(3,4)16-18-10-13-22(24(26)14-18)19-8-6-5-7-9-19/h5-11,13-14,21,23H,12,15-17H2,1-4H3/q+1/t21-,23-/m0/s1. The van der Waals surface area contributed by atoms with E-state index in [9.17, 15) is 0 Å². The Hall–Kier alpha value is -1.57. The van der Waals surface area contributed by atoms with Crippen LogP contribution in [0.1, 0.15) is 32.3 Å². The number of nitrogens with zero attached hydrogens (tertiary/aromatic N) is 1. The average Bonchev–Trinajstić information content (AvgIpc) is 2.61. The first-order valence-electron chi connectivity index (χ1n) is 10.1. The normalized spacial score (nSPS) is 23.5. The molecule has 5 rings (SSSR count). The summed E-state index contributed by atoms with van der Waals surface area (Å²) in [5.41, 5.74) is 5.79. The molecule has 0 amide bonds. The number of hydrogen-bond donors (Lipinski definition) is 0. The minimum atomic E-state index is 0.505. The number of fused-ring (bicyclic) bond motifs is 1. The van der Waals surface area contributed by atoms with Gasteiger partial charge in [-0.15, -0.1) is 0 Å². The number of quaternary nitrogens is 1. The van der Waals surface area contributed by atoms with E-state index in [0.29, 0.717) is 5.41 Å². The number of benzene rings is 2. The molecule has 2 heteroatoms. The van der Waals surface area contributed by atoms with Crippen LogP contribution in [0.4, 0.5) is 0 Å². The van der Waals surface area contributed by atoms with Gasteiger partial charge in [-0.3, -0.25) is 0 Å². The molecule has 2 aromatic rings. The van der Waals surface area contributed by atoms with Crippen LogP contribution in [0.3, 0.4) is 0 Å². The molecule has 0 saturated heterocycles. The highest BCUT2D eigenvalue weighted by molar-refractivity contribution is 6.33. The van der Waals surface area contributed by atoms with Gasteiger partial charge < -0.3 is 4.48 Å². The maximum Gasteiger partial charge on any atom is 0.104 e. The number of allylic oxidation sites excluding steroid dienone is 1. The van der Waals surface area contributed by atoms with Gasteiger partial charge in [0.1, 0.15) is 13.1 Å². The summed E-state index contributed by atoms with van der Waals surface area (Å²) in [5.74, 6) is 1.70. The van der Waals surface area contributed by atoms with Gasteiger partial charge in [-0.1, -0.05) is 74.0 Å². The molecule has 3 aliphatic carbocycles. The summed E-state index contributed by atoms with van der Waals surface area (Å²) in [5, 5.41) is 0.846. The predicted molar refractivity (Wildman–Crippen MR) is 116 cm³/mol. The van der Waals surface area contributed by atoms with Gasteiger partial charge in [0.25, 0.3) is 0 Å². The van der Waals surface area contributed by atoms with Crippen LogP contribution in [-0.4, -0.2) is 25.1 Å². The monoisotopic (exact) mass is 380 g/mol. The molecule has 0 N–H and O–H groups in total. The Balaban J connectivity index is 1.48. The fraction of sp³-hybridized carbons (Fsp3) is 0.440. The maximum atomic E-state index is 6.63. The third-order valence-corrected chi connectivity index (χ3v) is 7.23. The lowest BCUT2D eigenvalue weighted by molar-refractivity contribution is -0.899. The average molecular weight is 381 g/mol. The lowest BCUT2D eigenvalue weighted by atomic mass is 9.49. The summed E-state index contributed by atoms with van der Waals surface area (Å²) in [7, 11) is 4.69. The molecule has 2 aromatic carbocycles. The molecule has 0 radical (unpaired) electrons. The fourth-order valence-corrected chi connectivity index (χ4v) is 5.52. The van der Waals surface area contributed by atoms with E-state index in [1.54, 1.807) is 5.57 Å². The second-order valence-corrected chi connectivity index (χ2v) is 10.2. The van der Waals surface area contributed by atoms with E-state index in [-0.39, 0.29) is 0 Å². The maximum absolute atomic E-state index is 6.63. The Bertz CT molecular complexity index is 863. The molecule has 1 fully saturated rings. The van der Waals surface area contributed by atoms with Gasteiger partial charge in [0.15, 0.2) is 0 Å². The van der Waals surface area contributed by atoms with Gasteiger partial charge >= 0.3 is 0 Å². The highest BCUT2D eigenvalue weighted by Gasteiger charge is 2.52. The topological polar surface area (TPSA) is 0 Å². The molecule has 1 saturated carbocycles. The Kier molecular flexibility index (Phi) is 4.72. The molecule has 0 heterocycles. The van der Waals surface area contributed by atoms with E-state index < -0.39 is 0 Å². The lowest BCUT2D eigenvalue weighted by Crippen LogP contribution is -2.52. The first-order valence-corrected chi connectivity index (χ1v) is 10.5. The van der Waals surface area contributed by atoms with Crippen molar-refractivity contribution >= 4 is 11.6 Å². The predicted octanol–water partition coefficient (Wildman–Crippen LogP) is 6.58. The summed E-state index contributed by atoms with van der Waals surface area (Å²) in [4.78, 5) is 0. The molecule has 0 unspecified atom stereocenters. The van der Waals surface area contributed by atoms with Crippen molar-refractivity contribution in [1.82, 2.24) is 0 Å². The zero-order valence-corrected chi connectivity index (χ0v) is 17.8. The molecular weight excluding hydrogens is 350 g/mol. The minimum Gasteiger partial charge on any atom is -0.321 e. The number of rotatable bonds is 5. The zero-order chi connectivity index (χ0) is 19.2. The minimum absolute atomic E-state index is 0.505. The molecule has 142 valence electrons. The van der Waals surface area contributed by atoms with Crippen molar-refractivity contribution in [3.63, 3.8) is 0 Å². The van der Waals surface area contributed by atoms with Crippen molar-refractivity contribution in [2.45, 2.75) is 33.2 Å². The van der Waals surface area contributed by atoms with Gasteiger partial charge in [0, 0.05) is 16.1 Å². The van der Waals surface area contributed by atoms with Crippen molar-refractivity contribution in [3.05, 3.63) is 70.8 Å². The number of likely N-dealkylation sites (N-methyl/N-ethyl adjacent to an activating group) is 1. The second kappa shape index (κ2) is 6.79. The molecule has 2 bridgehead atoms. The van der Waals surface area contributed by atoms with Gasteiger partial charge in [-0.05, 0) is 47.3 Å². The van der Waals surface area contributed by atoms with Crippen LogP contribution in [0.2, 0.25) is 5.02 Å². The molecule has 2 atom stereocenters. The highest BCUT2D eigenvalue weighted by Crippen LogP contribution is 2.59. The summed E-state index contributed by atoms with van der Waals surface area (Å²) in [6.45, 7) is 7.06. The lowest BCUT2D eigenvalue weighted by Gasteiger charge is -2.57. The van der Waals surface area contributed by atoms with Crippen LogP contribution in [0.5, 0.6) is 0 Å². The van der Waals surface area contributed by atoms with Gasteiger partial charge in [-0.2, -0.15) is 0 Å². The van der Waals surface area contributed by atoms with Gasteiger partial charge in [-0.25, -0.2) is 0 Å². The van der Waals surface area contributed by atoms with Crippen LogP contribution in [0.25, 0.3) is 11.1 Å². The third-order valence-electron chi connectivity index (χ3n) is 6.92. The van der Waals surface area contributed by atoms with Crippen molar-refractivity contribution in [3.8, 4) is 11.1 Å². The molecular formula is C25H31ClN+. The van der Waals surface area contributed by atoms with E-state index in [4.69, 9.17) is 11.6 Å². The van der Waals surface area contributed by atoms with Crippen LogP contribution < -0.4 is 0 Å². The fourth-order valence-electron chi connectivity index (χ4n) is 5.21. The van der Waals surface area contributed by atoms with Crippen molar-refractivity contribution in [2.75, 3.05) is 20.6 Å². The highest BCUT2D eigenvalue weighted by atomic mass is 35.5. The molecule has 1 nitrogen and oxygen atoms in total. The second-order valence-electron chi connectivity index (χ2n) is 9.75. The van der Waals surface area contributed by atoms with Crippen molar-refractivity contribution < 1.29 is 4.48 Å². The van der Waals surface area contributed by atoms with Crippen molar-refractivity contribution in [1.29, 1.82) is 0 Å². The smallest absolute Gasteiger partial charge is 0.104 e. The molecule has 27 heavy (non-hydrogen) atoms. The SMILES string of the molecule is CC1(C)[C@H]2CC=C(C[N+](C)(C)Cc3ccc(-c4ccccc4)c(Cl)c3)[C@@H]1C2. The summed E-state index contributed by atoms with van der Waals surface area (Å²) in [6, 6.07) is 17.0. The van der Waals surface area contributed by atoms with E-state index in [2.05, 4.69) is 76.5 Å². The first kappa shape index (κ1) is 18.8. The largest absolute Gasteiger partial charge is 0.321 e. The summed E-state index contributed by atoms with van der Waals surface area (Å²) >= 11 is 6.63. The Morgan fingerprint density at radius 1 is 1.04 bits per heavy atom. The van der Waals surface area contributed by atoms with Crippen LogP contribution in [0, 0.1) is 17.3 Å². The Morgan fingerprint density at radius 2 is 1.78 bits per heavy atom. The summed E-state index contributed by atoms with van der Waals surface area (Å²) in [6.07, 6.45) is 5.21. The van der Waals surface area contributed by atoms with Crippen molar-refractivity contribution in [2.24, 2.45) is 17.3 Å². The molecule has 0 aromatic heterocycles. The van der Waals surface area contributed by atoms with E-state index in [1.807, 2.05) is 6.07 Å². The number of halogens is 1. The summed E-state index contributed by atoms with van der Waals surface area (Å²) < 4.78 is 0.976. The molecule has 0 aliphatic heterocycles. The van der Waals surface area contributed by atoms with E-state index >= 15 is 0 Å². The quantitative estimate of drug-likeness (QED) is 0.406. The number of hydrogen-bond acceptors (Lipinski definition) is 0. The van der Waals surface area contributed by atoms with Gasteiger partial charge in [0.2, 0.25) is 0 Å². The Labute approximate surface area is 169 Å². The van der Waals surface area contributed by atoms with Crippen LogP contribution >= 0.6 is 11.6 Å². The third kappa shape index (κ3) is 3.60. The van der Waals surface area contributed by atoms with E-state index in [1.165, 1.54) is 24.0 Å². The molecule has 0 spiro atoms. The van der Waals surface area contributed by atoms with Crippen LogP contribution in [0.15, 0.2) is 60.2 Å². The van der Waals surface area contributed by atoms with Crippen LogP contribution in [-0.2, 0) is 6.54 Å². The first-order chi connectivity index (χ1) is 12.8. The van der Waals surface area contributed by atoms with Gasteiger partial charge in [0.05, 0.1) is 14.1 Å². The van der Waals surface area contributed by atoms with E-state index in [0.717, 1.165) is 40.0 Å². The Morgan fingerprint density at radius 3 is 2.41 bits per heavy atom. The molecule has 3 aliphatic rings.